The minimum absolute atomic E-state index is 0.533. The minimum Gasteiger partial charge on any atom is -0.245 e. The van der Waals surface area contributed by atoms with Crippen molar-refractivity contribution in [2.75, 3.05) is 0 Å². The van der Waals surface area contributed by atoms with E-state index in [9.17, 15) is 0 Å². The summed E-state index contributed by atoms with van der Waals surface area (Å²) >= 11 is 1.73. The Morgan fingerprint density at radius 1 is 0.417 bits per heavy atom. The van der Waals surface area contributed by atoms with E-state index in [2.05, 4.69) is 225 Å². The predicted molar refractivity (Wildman–Crippen MR) is 307 cm³/mol. The molecule has 10 aromatic rings. The van der Waals surface area contributed by atoms with E-state index in [-0.39, 0.29) is 0 Å². The molecule has 376 valence electrons. The van der Waals surface area contributed by atoms with Crippen LogP contribution in [0.5, 0.6) is 0 Å². The van der Waals surface area contributed by atoms with E-state index in [1.165, 1.54) is 55.4 Å². The maximum absolute atomic E-state index is 4.30. The van der Waals surface area contributed by atoms with Gasteiger partial charge in [-0.1, -0.05) is 179 Å². The summed E-state index contributed by atoms with van der Waals surface area (Å²) < 4.78 is 3.79. The molecule has 0 spiro atoms. The zero-order chi connectivity index (χ0) is 52.2. The molecule has 6 aromatic heterocycles. The molecule has 4 aromatic carbocycles. The first-order valence-corrected chi connectivity index (χ1v) is 26.3. The molecular weight excluding hydrogens is 901 g/mol. The number of hydrogen-bond acceptors (Lipinski definition) is 6. The lowest BCUT2D eigenvalue weighted by atomic mass is 10.0. The predicted octanol–water partition coefficient (Wildman–Crippen LogP) is 17.5. The molecule has 0 amide bonds. The maximum atomic E-state index is 4.30. The highest BCUT2D eigenvalue weighted by atomic mass is 32.1. The molecule has 0 saturated carbocycles. The second-order valence-electron chi connectivity index (χ2n) is 19.9. The molecule has 10 rings (SSSR count). The monoisotopic (exact) mass is 979 g/mol. The lowest BCUT2D eigenvalue weighted by molar-refractivity contribution is 0.747. The van der Waals surface area contributed by atoms with Crippen LogP contribution in [0.25, 0.3) is 27.1 Å². The number of fused-ring (bicyclic) bond motifs is 2. The molecule has 0 fully saturated rings. The van der Waals surface area contributed by atoms with Crippen molar-refractivity contribution in [1.29, 1.82) is 0 Å². The molecule has 9 heteroatoms. The minimum atomic E-state index is 0.533. The van der Waals surface area contributed by atoms with Crippen LogP contribution >= 0.6 is 11.3 Å². The van der Waals surface area contributed by atoms with Gasteiger partial charge in [-0.05, 0) is 131 Å². The van der Waals surface area contributed by atoms with E-state index in [1.54, 1.807) is 34.7 Å². The lowest BCUT2D eigenvalue weighted by Gasteiger charge is -2.07. The molecule has 0 N–H and O–H groups in total. The summed E-state index contributed by atoms with van der Waals surface area (Å²) in [5.74, 6) is 3.55. The number of aromatic nitrogens is 8. The Hall–Kier alpha value is -6.97. The molecule has 0 aliphatic heterocycles. The van der Waals surface area contributed by atoms with Crippen LogP contribution in [0, 0.1) is 13.8 Å². The molecule has 0 saturated heterocycles. The van der Waals surface area contributed by atoms with Gasteiger partial charge in [0, 0.05) is 35.7 Å². The van der Waals surface area contributed by atoms with E-state index in [0.29, 0.717) is 35.5 Å². The van der Waals surface area contributed by atoms with Gasteiger partial charge in [-0.2, -0.15) is 25.2 Å². The highest BCUT2D eigenvalue weighted by Gasteiger charge is 2.08. The van der Waals surface area contributed by atoms with E-state index < -0.39 is 0 Å². The van der Waals surface area contributed by atoms with Gasteiger partial charge in [-0.25, -0.2) is 14.2 Å². The zero-order valence-corrected chi connectivity index (χ0v) is 46.1. The second-order valence-corrected chi connectivity index (χ2v) is 20.7. The van der Waals surface area contributed by atoms with Crippen molar-refractivity contribution in [1.82, 2.24) is 39.4 Å². The third-order valence-corrected chi connectivity index (χ3v) is 12.9. The number of hydrogen-bond donors (Lipinski definition) is 0. The van der Waals surface area contributed by atoms with E-state index in [0.717, 1.165) is 16.2 Å². The molecule has 0 radical (unpaired) electrons. The van der Waals surface area contributed by atoms with Crippen molar-refractivity contribution in [2.24, 2.45) is 0 Å². The Morgan fingerprint density at radius 2 is 1.00 bits per heavy atom. The fraction of sp³-hybridized carbons (Fsp3) is 0.317. The largest absolute Gasteiger partial charge is 0.245 e. The van der Waals surface area contributed by atoms with Gasteiger partial charge in [-0.15, -0.1) is 11.3 Å². The van der Waals surface area contributed by atoms with E-state index in [1.807, 2.05) is 70.4 Å². The summed E-state index contributed by atoms with van der Waals surface area (Å²) in [6, 6.07) is 46.3. The third kappa shape index (κ3) is 17.1. The van der Waals surface area contributed by atoms with Crippen LogP contribution in [-0.4, -0.2) is 39.4 Å². The van der Waals surface area contributed by atoms with Gasteiger partial charge in [0.1, 0.15) is 4.83 Å². The molecular formula is C63H78N8S. The molecule has 0 aliphatic rings. The molecule has 0 aliphatic carbocycles. The first-order chi connectivity index (χ1) is 34.5. The van der Waals surface area contributed by atoms with E-state index in [4.69, 9.17) is 0 Å². The summed E-state index contributed by atoms with van der Waals surface area (Å²) in [7, 11) is 0. The van der Waals surface area contributed by atoms with Gasteiger partial charge >= 0.3 is 0 Å². The molecule has 0 bridgehead atoms. The van der Waals surface area contributed by atoms with Crippen LogP contribution in [0.3, 0.4) is 0 Å². The normalized spacial score (nSPS) is 10.8. The van der Waals surface area contributed by atoms with Crippen LogP contribution in [0.1, 0.15) is 163 Å². The van der Waals surface area contributed by atoms with Crippen molar-refractivity contribution in [3.8, 4) is 11.4 Å². The lowest BCUT2D eigenvalue weighted by Crippen LogP contribution is -1.99. The number of aryl methyl sites for hydroxylation is 2. The summed E-state index contributed by atoms with van der Waals surface area (Å²) in [5.41, 5.74) is 14.3. The summed E-state index contributed by atoms with van der Waals surface area (Å²) in [5, 5.41) is 20.2. The highest BCUT2D eigenvalue weighted by molar-refractivity contribution is 7.16. The molecule has 0 unspecified atom stereocenters. The van der Waals surface area contributed by atoms with Crippen molar-refractivity contribution in [3.63, 3.8) is 0 Å². The topological polar surface area (TPSA) is 78.7 Å². The van der Waals surface area contributed by atoms with Crippen LogP contribution in [-0.2, 0) is 0 Å². The molecule has 0 atom stereocenters. The Labute approximate surface area is 434 Å². The molecule has 6 heterocycles. The summed E-state index contributed by atoms with van der Waals surface area (Å²) in [4.78, 5) is 7.09. The van der Waals surface area contributed by atoms with Gasteiger partial charge in [0.15, 0.2) is 0 Å². The van der Waals surface area contributed by atoms with Crippen LogP contribution in [0.4, 0.5) is 0 Å². The maximum Gasteiger partial charge on any atom is 0.123 e. The van der Waals surface area contributed by atoms with Gasteiger partial charge in [-0.3, -0.25) is 0 Å². The van der Waals surface area contributed by atoms with Crippen molar-refractivity contribution >= 4 is 27.1 Å². The number of thiophene rings is 1. The smallest absolute Gasteiger partial charge is 0.123 e. The second kappa shape index (κ2) is 28.2. The number of nitrogens with zero attached hydrogens (tertiary/aromatic N) is 8. The van der Waals surface area contributed by atoms with Gasteiger partial charge in [0.05, 0.1) is 35.5 Å². The number of pyridine rings is 2. The zero-order valence-electron chi connectivity index (χ0n) is 45.3. The first kappa shape index (κ1) is 56.0. The van der Waals surface area contributed by atoms with Gasteiger partial charge in [0.25, 0.3) is 0 Å². The molecule has 8 nitrogen and oxygen atoms in total. The Morgan fingerprint density at radius 3 is 1.56 bits per heavy atom. The van der Waals surface area contributed by atoms with Crippen molar-refractivity contribution in [2.45, 2.75) is 132 Å². The standard InChI is InChI=1S/C12H14N2.C11H13N3.C10H12N2.C10H11NS.2C10H14/c1-10(2)11-5-3-6-12(9-11)14-8-4-7-13-14;1-9(2)10-4-3-5-11(8-10)14-12-6-7-13-14;1-8(2)9-7-11-12-6-4-3-5-10(9)12;1-7(2)9-6-12-10-8(9)4-3-5-11-10;1-8(2)10-6-4-9(3)5-7-10;1-8(2)10-6-4-5-9(3)7-10/h3-10H,1-2H3;3-9H,1-2H3;3-8H,1-2H3;3-7H,1-2H3;2*4-8H,1-3H3. The van der Waals surface area contributed by atoms with Crippen LogP contribution in [0.15, 0.2) is 182 Å². The van der Waals surface area contributed by atoms with Gasteiger partial charge in [0.2, 0.25) is 0 Å². The fourth-order valence-electron chi connectivity index (χ4n) is 7.52. The summed E-state index contributed by atoms with van der Waals surface area (Å²) in [6.07, 6.45) is 12.9. The quantitative estimate of drug-likeness (QED) is 0.152. The highest BCUT2D eigenvalue weighted by Crippen LogP contribution is 2.29. The SMILES string of the molecule is CC(C)c1cccc(-n2cccn2)c1.CC(C)c1cccc(-n2nccn2)c1.CC(C)c1cnn2ccccc12.CC(C)c1csc2ncccc12.Cc1ccc(C(C)C)cc1.Cc1cccc(C(C)C)c1. The van der Waals surface area contributed by atoms with Crippen molar-refractivity contribution < 1.29 is 0 Å². The molecule has 72 heavy (non-hydrogen) atoms. The average molecular weight is 979 g/mol. The Kier molecular flexibility index (Phi) is 21.9. The number of rotatable bonds is 8. The van der Waals surface area contributed by atoms with Crippen LogP contribution < -0.4 is 0 Å². The first-order valence-electron chi connectivity index (χ1n) is 25.5. The number of benzene rings is 4. The average Bonchev–Trinajstić information content (AvgIpc) is 4.24. The summed E-state index contributed by atoms with van der Waals surface area (Å²) in [6.45, 7) is 30.7. The van der Waals surface area contributed by atoms with Gasteiger partial charge < -0.3 is 0 Å². The van der Waals surface area contributed by atoms with Crippen LogP contribution in [0.2, 0.25) is 0 Å². The van der Waals surface area contributed by atoms with Crippen molar-refractivity contribution in [3.05, 3.63) is 227 Å². The fourth-order valence-corrected chi connectivity index (χ4v) is 8.59. The third-order valence-electron chi connectivity index (χ3n) is 12.0. The Balaban J connectivity index is 0.000000161. The Bertz CT molecular complexity index is 2900. The van der Waals surface area contributed by atoms with E-state index >= 15 is 0 Å².